The third-order valence-corrected chi connectivity index (χ3v) is 2.18. The summed E-state index contributed by atoms with van der Waals surface area (Å²) < 4.78 is 7.42. The van der Waals surface area contributed by atoms with Gasteiger partial charge in [0.05, 0.1) is 12.4 Å². The van der Waals surface area contributed by atoms with E-state index < -0.39 is 0 Å². The molecule has 0 aliphatic rings. The average molecular weight is 233 g/mol. The van der Waals surface area contributed by atoms with Crippen molar-refractivity contribution < 1.29 is 4.74 Å². The SMILES string of the molecule is CCCn1cc(Oc2cc(NC)ncn2)cn1. The Bertz CT molecular complexity index is 482. The van der Waals surface area contributed by atoms with Gasteiger partial charge in [0.25, 0.3) is 0 Å². The first kappa shape index (κ1) is 11.4. The Morgan fingerprint density at radius 1 is 1.41 bits per heavy atom. The molecular weight excluding hydrogens is 218 g/mol. The minimum Gasteiger partial charge on any atom is -0.436 e. The average Bonchev–Trinajstić information content (AvgIpc) is 2.77. The number of anilines is 1. The molecule has 17 heavy (non-hydrogen) atoms. The fourth-order valence-corrected chi connectivity index (χ4v) is 1.40. The van der Waals surface area contributed by atoms with Crippen molar-refractivity contribution in [2.24, 2.45) is 0 Å². The highest BCUT2D eigenvalue weighted by Crippen LogP contribution is 2.19. The molecule has 0 unspecified atom stereocenters. The number of aryl methyl sites for hydroxylation is 1. The van der Waals surface area contributed by atoms with Crippen molar-refractivity contribution in [3.63, 3.8) is 0 Å². The Hall–Kier alpha value is -2.11. The zero-order chi connectivity index (χ0) is 12.1. The van der Waals surface area contributed by atoms with Gasteiger partial charge in [-0.15, -0.1) is 0 Å². The van der Waals surface area contributed by atoms with Crippen molar-refractivity contribution in [3.8, 4) is 11.6 Å². The van der Waals surface area contributed by atoms with Crippen LogP contribution in [0.25, 0.3) is 0 Å². The van der Waals surface area contributed by atoms with E-state index in [1.54, 1.807) is 19.3 Å². The summed E-state index contributed by atoms with van der Waals surface area (Å²) in [6.07, 6.45) is 6.03. The van der Waals surface area contributed by atoms with Gasteiger partial charge < -0.3 is 10.1 Å². The number of hydrogen-bond donors (Lipinski definition) is 1. The lowest BCUT2D eigenvalue weighted by Gasteiger charge is -2.03. The molecule has 0 atom stereocenters. The number of aromatic nitrogens is 4. The second kappa shape index (κ2) is 5.29. The van der Waals surface area contributed by atoms with E-state index in [1.165, 1.54) is 6.33 Å². The first-order chi connectivity index (χ1) is 8.31. The summed E-state index contributed by atoms with van der Waals surface area (Å²) in [5, 5.41) is 7.10. The predicted octanol–water partition coefficient (Wildman–Crippen LogP) is 1.92. The number of nitrogens with zero attached hydrogens (tertiary/aromatic N) is 4. The fraction of sp³-hybridized carbons (Fsp3) is 0.364. The van der Waals surface area contributed by atoms with E-state index in [0.29, 0.717) is 11.6 Å². The van der Waals surface area contributed by atoms with E-state index in [0.717, 1.165) is 18.8 Å². The summed E-state index contributed by atoms with van der Waals surface area (Å²) in [5.74, 6) is 1.90. The number of hydrogen-bond acceptors (Lipinski definition) is 5. The van der Waals surface area contributed by atoms with Crippen LogP contribution in [0.5, 0.6) is 11.6 Å². The smallest absolute Gasteiger partial charge is 0.224 e. The molecule has 0 aliphatic heterocycles. The Morgan fingerprint density at radius 3 is 3.06 bits per heavy atom. The van der Waals surface area contributed by atoms with Crippen LogP contribution < -0.4 is 10.1 Å². The molecule has 0 fully saturated rings. The molecular formula is C11H15N5O. The summed E-state index contributed by atoms with van der Waals surface area (Å²) in [6.45, 7) is 2.99. The molecule has 0 aliphatic carbocycles. The molecule has 6 nitrogen and oxygen atoms in total. The standard InChI is InChI=1S/C11H15N5O/c1-3-4-16-7-9(6-15-16)17-11-5-10(12-2)13-8-14-11/h5-8H,3-4H2,1-2H3,(H,12,13,14). The summed E-state index contributed by atoms with van der Waals surface area (Å²) >= 11 is 0. The highest BCUT2D eigenvalue weighted by Gasteiger charge is 2.03. The summed E-state index contributed by atoms with van der Waals surface area (Å²) in [5.41, 5.74) is 0. The van der Waals surface area contributed by atoms with Crippen molar-refractivity contribution in [2.45, 2.75) is 19.9 Å². The van der Waals surface area contributed by atoms with Crippen molar-refractivity contribution in [3.05, 3.63) is 24.8 Å². The first-order valence-electron chi connectivity index (χ1n) is 5.52. The Labute approximate surface area is 99.7 Å². The Balaban J connectivity index is 2.08. The van der Waals surface area contributed by atoms with Crippen LogP contribution >= 0.6 is 0 Å². The van der Waals surface area contributed by atoms with Crippen molar-refractivity contribution in [1.29, 1.82) is 0 Å². The summed E-state index contributed by atoms with van der Waals surface area (Å²) in [4.78, 5) is 8.04. The van der Waals surface area contributed by atoms with E-state index in [4.69, 9.17) is 4.74 Å². The molecule has 2 aromatic rings. The van der Waals surface area contributed by atoms with Crippen LogP contribution in [0.3, 0.4) is 0 Å². The van der Waals surface area contributed by atoms with Gasteiger partial charge in [-0.2, -0.15) is 5.10 Å². The molecule has 90 valence electrons. The molecule has 2 heterocycles. The summed E-state index contributed by atoms with van der Waals surface area (Å²) in [7, 11) is 1.80. The van der Waals surface area contributed by atoms with Crippen LogP contribution in [-0.4, -0.2) is 26.8 Å². The monoisotopic (exact) mass is 233 g/mol. The highest BCUT2D eigenvalue weighted by atomic mass is 16.5. The van der Waals surface area contributed by atoms with Gasteiger partial charge in [-0.1, -0.05) is 6.92 Å². The van der Waals surface area contributed by atoms with Crippen LogP contribution in [0.4, 0.5) is 5.82 Å². The maximum absolute atomic E-state index is 5.57. The molecule has 0 amide bonds. The van der Waals surface area contributed by atoms with Gasteiger partial charge in [-0.05, 0) is 6.42 Å². The van der Waals surface area contributed by atoms with E-state index >= 15 is 0 Å². The molecule has 6 heteroatoms. The molecule has 0 aromatic carbocycles. The van der Waals surface area contributed by atoms with Gasteiger partial charge in [0, 0.05) is 19.7 Å². The minimum atomic E-state index is 0.500. The van der Waals surface area contributed by atoms with Gasteiger partial charge in [0.15, 0.2) is 5.75 Å². The Kier molecular flexibility index (Phi) is 3.54. The third-order valence-electron chi connectivity index (χ3n) is 2.18. The van der Waals surface area contributed by atoms with E-state index in [1.807, 2.05) is 10.9 Å². The predicted molar refractivity (Wildman–Crippen MR) is 64.2 cm³/mol. The van der Waals surface area contributed by atoms with Gasteiger partial charge in [0.2, 0.25) is 5.88 Å². The van der Waals surface area contributed by atoms with Gasteiger partial charge in [-0.3, -0.25) is 4.68 Å². The van der Waals surface area contributed by atoms with Crippen molar-refractivity contribution in [1.82, 2.24) is 19.7 Å². The molecule has 0 bridgehead atoms. The number of rotatable bonds is 5. The van der Waals surface area contributed by atoms with Gasteiger partial charge in [0.1, 0.15) is 12.1 Å². The quantitative estimate of drug-likeness (QED) is 0.854. The zero-order valence-electron chi connectivity index (χ0n) is 9.92. The van der Waals surface area contributed by atoms with Gasteiger partial charge in [-0.25, -0.2) is 9.97 Å². The first-order valence-corrected chi connectivity index (χ1v) is 5.52. The lowest BCUT2D eigenvalue weighted by atomic mass is 10.5. The molecule has 2 aromatic heterocycles. The van der Waals surface area contributed by atoms with Gasteiger partial charge >= 0.3 is 0 Å². The van der Waals surface area contributed by atoms with Crippen molar-refractivity contribution in [2.75, 3.05) is 12.4 Å². The second-order valence-electron chi connectivity index (χ2n) is 3.53. The lowest BCUT2D eigenvalue weighted by molar-refractivity contribution is 0.460. The van der Waals surface area contributed by atoms with Crippen LogP contribution in [0.2, 0.25) is 0 Å². The van der Waals surface area contributed by atoms with Crippen LogP contribution in [0.15, 0.2) is 24.8 Å². The largest absolute Gasteiger partial charge is 0.436 e. The molecule has 0 saturated carbocycles. The molecule has 2 rings (SSSR count). The van der Waals surface area contributed by atoms with Crippen LogP contribution in [-0.2, 0) is 6.54 Å². The number of ether oxygens (including phenoxy) is 1. The van der Waals surface area contributed by atoms with Crippen molar-refractivity contribution >= 4 is 5.82 Å². The number of nitrogens with one attached hydrogen (secondary N) is 1. The third kappa shape index (κ3) is 2.93. The molecule has 0 spiro atoms. The van der Waals surface area contributed by atoms with E-state index in [2.05, 4.69) is 27.3 Å². The summed E-state index contributed by atoms with van der Waals surface area (Å²) in [6, 6.07) is 1.73. The fourth-order valence-electron chi connectivity index (χ4n) is 1.40. The van der Waals surface area contributed by atoms with E-state index in [-0.39, 0.29) is 0 Å². The maximum atomic E-state index is 5.57. The van der Waals surface area contributed by atoms with Crippen LogP contribution in [0.1, 0.15) is 13.3 Å². The topological polar surface area (TPSA) is 64.9 Å². The second-order valence-corrected chi connectivity index (χ2v) is 3.53. The van der Waals surface area contributed by atoms with Crippen LogP contribution in [0, 0.1) is 0 Å². The molecule has 0 radical (unpaired) electrons. The normalized spacial score (nSPS) is 10.2. The maximum Gasteiger partial charge on any atom is 0.224 e. The van der Waals surface area contributed by atoms with E-state index in [9.17, 15) is 0 Å². The molecule has 0 saturated heterocycles. The molecule has 1 N–H and O–H groups in total. The minimum absolute atomic E-state index is 0.500. The Morgan fingerprint density at radius 2 is 2.29 bits per heavy atom. The highest BCUT2D eigenvalue weighted by molar-refractivity contribution is 5.37. The zero-order valence-corrected chi connectivity index (χ0v) is 9.92. The lowest BCUT2D eigenvalue weighted by Crippen LogP contribution is -1.96.